The molecule has 2 amide bonds. The number of nitrogens with one attached hydrogen (secondary N) is 1. The molecule has 0 unspecified atom stereocenters. The first-order valence-electron chi connectivity index (χ1n) is 11.3. The van der Waals surface area contributed by atoms with Gasteiger partial charge in [-0.05, 0) is 20.8 Å². The van der Waals surface area contributed by atoms with Gasteiger partial charge in [0, 0.05) is 23.8 Å². The maximum absolute atomic E-state index is 13.2. The number of β-lactam (4-membered cyclic amide) rings is 1. The monoisotopic (exact) mass is 585 g/mol. The van der Waals surface area contributed by atoms with Gasteiger partial charge in [0.2, 0.25) is 4.84 Å². The van der Waals surface area contributed by atoms with Crippen LogP contribution in [0, 0.1) is 0 Å². The Morgan fingerprint density at radius 1 is 1.18 bits per heavy atom. The van der Waals surface area contributed by atoms with E-state index >= 15 is 0 Å². The fourth-order valence-electron chi connectivity index (χ4n) is 3.46. The van der Waals surface area contributed by atoms with Crippen LogP contribution in [0.15, 0.2) is 46.8 Å². The van der Waals surface area contributed by atoms with Crippen molar-refractivity contribution in [2.24, 2.45) is 5.16 Å². The lowest BCUT2D eigenvalue weighted by atomic mass is 10.0. The maximum atomic E-state index is 13.2. The number of ether oxygens (including phenoxy) is 2. The number of carbonyl (C=O) groups excluding carboxylic acids is 5. The number of esters is 2. The molecule has 0 spiro atoms. The number of alkyl halides is 2. The van der Waals surface area contributed by atoms with Crippen LogP contribution in [0.5, 0.6) is 0 Å². The molecule has 14 heteroatoms. The summed E-state index contributed by atoms with van der Waals surface area (Å²) in [6, 6.07) is 7.07. The van der Waals surface area contributed by atoms with Crippen LogP contribution in [-0.4, -0.2) is 74.5 Å². The third-order valence-electron chi connectivity index (χ3n) is 5.04. The van der Waals surface area contributed by atoms with Crippen molar-refractivity contribution < 1.29 is 38.3 Å². The van der Waals surface area contributed by atoms with Gasteiger partial charge in [-0.25, -0.2) is 9.59 Å². The first kappa shape index (κ1) is 29.5. The molecule has 0 radical (unpaired) electrons. The number of oxime groups is 1. The van der Waals surface area contributed by atoms with Crippen molar-refractivity contribution in [3.05, 3.63) is 47.2 Å². The highest BCUT2D eigenvalue weighted by molar-refractivity contribution is 8.00. The van der Waals surface area contributed by atoms with Crippen molar-refractivity contribution in [3.63, 3.8) is 0 Å². The average molecular weight is 586 g/mol. The summed E-state index contributed by atoms with van der Waals surface area (Å²) >= 11 is 12.2. The Labute approximate surface area is 232 Å². The second-order valence-corrected chi connectivity index (χ2v) is 11.3. The van der Waals surface area contributed by atoms with E-state index in [9.17, 15) is 24.0 Å². The predicted molar refractivity (Wildman–Crippen MR) is 139 cm³/mol. The highest BCUT2D eigenvalue weighted by Gasteiger charge is 2.55. The largest absolute Gasteiger partial charge is 0.461 e. The van der Waals surface area contributed by atoms with Gasteiger partial charge in [-0.1, -0.05) is 58.7 Å². The van der Waals surface area contributed by atoms with Crippen molar-refractivity contribution in [2.45, 2.75) is 49.5 Å². The second-order valence-electron chi connectivity index (χ2n) is 9.11. The van der Waals surface area contributed by atoms with E-state index in [4.69, 9.17) is 32.7 Å². The first-order valence-corrected chi connectivity index (χ1v) is 13.2. The Hall–Kier alpha value is -3.09. The second kappa shape index (κ2) is 12.2. The lowest BCUT2D eigenvalue weighted by Crippen LogP contribution is -2.71. The number of amides is 2. The number of rotatable bonds is 8. The van der Waals surface area contributed by atoms with Gasteiger partial charge in [-0.3, -0.25) is 19.3 Å². The maximum Gasteiger partial charge on any atom is 0.367 e. The summed E-state index contributed by atoms with van der Waals surface area (Å²) < 4.78 is 10.6. The summed E-state index contributed by atoms with van der Waals surface area (Å²) in [5, 5.41) is 5.56. The lowest BCUT2D eigenvalue weighted by molar-refractivity contribution is -0.159. The molecule has 1 N–H and O–H groups in total. The third-order valence-corrected chi connectivity index (χ3v) is 6.74. The molecular weight excluding hydrogens is 561 g/mol. The van der Waals surface area contributed by atoms with Gasteiger partial charge >= 0.3 is 17.9 Å². The Bertz CT molecular complexity index is 1200. The molecular formula is C24H25Cl2N3O8S. The van der Waals surface area contributed by atoms with Crippen LogP contribution in [0.1, 0.15) is 33.3 Å². The zero-order valence-electron chi connectivity index (χ0n) is 20.9. The van der Waals surface area contributed by atoms with Crippen LogP contribution in [-0.2, 0) is 38.3 Å². The lowest BCUT2D eigenvalue weighted by Gasteiger charge is -2.49. The van der Waals surface area contributed by atoms with Crippen molar-refractivity contribution in [3.8, 4) is 0 Å². The Kier molecular flexibility index (Phi) is 9.45. The molecule has 2 aliphatic rings. The van der Waals surface area contributed by atoms with Gasteiger partial charge in [0.25, 0.3) is 11.8 Å². The number of thioether (sulfide) groups is 1. The molecule has 0 aromatic heterocycles. The van der Waals surface area contributed by atoms with E-state index in [2.05, 4.69) is 15.3 Å². The van der Waals surface area contributed by atoms with E-state index in [0.29, 0.717) is 11.1 Å². The highest BCUT2D eigenvalue weighted by atomic mass is 35.5. The van der Waals surface area contributed by atoms with Gasteiger partial charge in [0.05, 0.1) is 0 Å². The first-order chi connectivity index (χ1) is 17.8. The van der Waals surface area contributed by atoms with E-state index in [1.807, 2.05) is 0 Å². The van der Waals surface area contributed by atoms with Crippen molar-refractivity contribution >= 4 is 70.4 Å². The van der Waals surface area contributed by atoms with Gasteiger partial charge in [-0.2, -0.15) is 0 Å². The fraction of sp³-hybridized carbons (Fsp3) is 0.417. The molecule has 1 aromatic rings. The average Bonchev–Trinajstić information content (AvgIpc) is 2.84. The molecule has 1 fully saturated rings. The molecule has 204 valence electrons. The van der Waals surface area contributed by atoms with E-state index in [1.54, 1.807) is 51.1 Å². The molecule has 1 saturated heterocycles. The number of halogens is 2. The minimum absolute atomic E-state index is 0.0263. The summed E-state index contributed by atoms with van der Waals surface area (Å²) in [6.07, 6.45) is 0. The van der Waals surface area contributed by atoms with Crippen LogP contribution < -0.4 is 5.32 Å². The molecule has 38 heavy (non-hydrogen) atoms. The number of hydrogen-bond acceptors (Lipinski definition) is 10. The fourth-order valence-corrected chi connectivity index (χ4v) is 4.87. The molecule has 1 aromatic carbocycles. The molecule has 0 aliphatic carbocycles. The molecule has 0 bridgehead atoms. The van der Waals surface area contributed by atoms with Gasteiger partial charge in [0.15, 0.2) is 5.71 Å². The molecule has 3 rings (SSSR count). The van der Waals surface area contributed by atoms with Crippen molar-refractivity contribution in [1.29, 1.82) is 0 Å². The normalized spacial score (nSPS) is 19.4. The number of fused-ring (bicyclic) bond motifs is 1. The molecule has 11 nitrogen and oxygen atoms in total. The zero-order valence-corrected chi connectivity index (χ0v) is 23.2. The standard InChI is InChI=1S/C24H25Cl2N3O8S/c1-12(30)35-10-14-11-38-21-16(20(32)29(21)17(14)22(33)36-24(2,3)4)27-19(31)15(13-8-6-5-7-9-13)28-37-23(34)18(25)26/h5-9,16,18,21H,10-11H2,1-4H3,(H,27,31)/t16-,21-/m1/s1. The van der Waals surface area contributed by atoms with Crippen LogP contribution >= 0.6 is 35.0 Å². The topological polar surface area (TPSA) is 141 Å². The number of benzene rings is 1. The van der Waals surface area contributed by atoms with Crippen LogP contribution in [0.3, 0.4) is 0 Å². The minimum atomic E-state index is -1.52. The highest BCUT2D eigenvalue weighted by Crippen LogP contribution is 2.41. The van der Waals surface area contributed by atoms with E-state index < -0.39 is 51.6 Å². The van der Waals surface area contributed by atoms with E-state index in [-0.39, 0.29) is 23.8 Å². The van der Waals surface area contributed by atoms with Crippen LogP contribution in [0.25, 0.3) is 0 Å². The van der Waals surface area contributed by atoms with Gasteiger partial charge < -0.3 is 19.6 Å². The predicted octanol–water partition coefficient (Wildman–Crippen LogP) is 2.30. The van der Waals surface area contributed by atoms with Crippen molar-refractivity contribution in [2.75, 3.05) is 12.4 Å². The van der Waals surface area contributed by atoms with Crippen LogP contribution in [0.4, 0.5) is 0 Å². The molecule has 0 saturated carbocycles. The smallest absolute Gasteiger partial charge is 0.367 e. The number of nitrogens with zero attached hydrogens (tertiary/aromatic N) is 2. The molecule has 2 atom stereocenters. The van der Waals surface area contributed by atoms with Crippen molar-refractivity contribution in [1.82, 2.24) is 10.2 Å². The van der Waals surface area contributed by atoms with Gasteiger partial charge in [-0.15, -0.1) is 11.8 Å². The Morgan fingerprint density at radius 3 is 2.42 bits per heavy atom. The number of hydrogen-bond donors (Lipinski definition) is 1. The zero-order chi connectivity index (χ0) is 28.2. The summed E-state index contributed by atoms with van der Waals surface area (Å²) in [5.41, 5.74) is -0.456. The quantitative estimate of drug-likeness (QED) is 0.121. The summed E-state index contributed by atoms with van der Waals surface area (Å²) in [6.45, 7) is 6.09. The Morgan fingerprint density at radius 2 is 1.84 bits per heavy atom. The number of carbonyl (C=O) groups is 5. The van der Waals surface area contributed by atoms with E-state index in [0.717, 1.165) is 0 Å². The third kappa shape index (κ3) is 7.06. The SMILES string of the molecule is CC(=O)OCC1=C(C(=O)OC(C)(C)C)N2C(=O)[C@@H](NC(=O)C(=NOC(=O)C(Cl)Cl)c3ccccc3)[C@H]2SC1. The summed E-state index contributed by atoms with van der Waals surface area (Å²) in [7, 11) is 0. The minimum Gasteiger partial charge on any atom is -0.461 e. The summed E-state index contributed by atoms with van der Waals surface area (Å²) in [5.74, 6) is -3.53. The van der Waals surface area contributed by atoms with Gasteiger partial charge in [0.1, 0.15) is 29.3 Å². The summed E-state index contributed by atoms with van der Waals surface area (Å²) in [4.78, 5) is 66.8. The molecule has 2 aliphatic heterocycles. The molecule has 2 heterocycles. The Balaban J connectivity index is 1.85. The van der Waals surface area contributed by atoms with E-state index in [1.165, 1.54) is 23.6 Å². The van der Waals surface area contributed by atoms with Crippen LogP contribution in [0.2, 0.25) is 0 Å².